The van der Waals surface area contributed by atoms with E-state index in [0.717, 1.165) is 19.3 Å². The summed E-state index contributed by atoms with van der Waals surface area (Å²) in [5.74, 6) is -0.487. The number of hydrogen-bond donors (Lipinski definition) is 1. The molecule has 2 aromatic carbocycles. The lowest BCUT2D eigenvalue weighted by Gasteiger charge is -2.04. The summed E-state index contributed by atoms with van der Waals surface area (Å²) >= 11 is 0. The standard InChI is InChI=1S/C18H14FNO/c19-15-5-2-6-16-17(15)14(10-20-16)18(21)13-8-7-11-3-1-4-12(11)9-13/h2,5-10,20H,1,3-4H2. The fraction of sp³-hybridized carbons (Fsp3) is 0.167. The first kappa shape index (κ1) is 12.3. The van der Waals surface area contributed by atoms with Gasteiger partial charge in [0.1, 0.15) is 5.82 Å². The first-order chi connectivity index (χ1) is 10.2. The average molecular weight is 279 g/mol. The van der Waals surface area contributed by atoms with E-state index in [4.69, 9.17) is 0 Å². The number of carbonyl (C=O) groups is 1. The lowest BCUT2D eigenvalue weighted by atomic mass is 9.99. The molecule has 0 saturated heterocycles. The van der Waals surface area contributed by atoms with Crippen molar-refractivity contribution in [2.45, 2.75) is 19.3 Å². The highest BCUT2D eigenvalue weighted by Gasteiger charge is 2.19. The third kappa shape index (κ3) is 1.88. The summed E-state index contributed by atoms with van der Waals surface area (Å²) < 4.78 is 14.0. The Kier molecular flexibility index (Phi) is 2.67. The zero-order valence-electron chi connectivity index (χ0n) is 11.4. The summed E-state index contributed by atoms with van der Waals surface area (Å²) in [6.07, 6.45) is 4.86. The zero-order valence-corrected chi connectivity index (χ0v) is 11.4. The summed E-state index contributed by atoms with van der Waals surface area (Å²) in [5.41, 5.74) is 4.28. The van der Waals surface area contributed by atoms with Crippen molar-refractivity contribution in [1.29, 1.82) is 0 Å². The number of ketones is 1. The van der Waals surface area contributed by atoms with Gasteiger partial charge in [-0.15, -0.1) is 0 Å². The Labute approximate surface area is 121 Å². The van der Waals surface area contributed by atoms with Crippen LogP contribution >= 0.6 is 0 Å². The predicted molar refractivity (Wildman–Crippen MR) is 80.2 cm³/mol. The van der Waals surface area contributed by atoms with Gasteiger partial charge in [0, 0.05) is 22.7 Å². The van der Waals surface area contributed by atoms with Crippen molar-refractivity contribution < 1.29 is 9.18 Å². The molecule has 1 N–H and O–H groups in total. The number of aromatic amines is 1. The smallest absolute Gasteiger partial charge is 0.195 e. The van der Waals surface area contributed by atoms with Gasteiger partial charge in [-0.2, -0.15) is 0 Å². The zero-order chi connectivity index (χ0) is 14.4. The molecule has 0 aliphatic heterocycles. The van der Waals surface area contributed by atoms with Gasteiger partial charge in [-0.05, 0) is 48.6 Å². The molecule has 0 amide bonds. The molecule has 1 heterocycles. The average Bonchev–Trinajstić information content (AvgIpc) is 3.13. The van der Waals surface area contributed by atoms with Gasteiger partial charge in [-0.3, -0.25) is 4.79 Å². The lowest BCUT2D eigenvalue weighted by Crippen LogP contribution is -2.02. The van der Waals surface area contributed by atoms with E-state index < -0.39 is 0 Å². The molecule has 4 rings (SSSR count). The van der Waals surface area contributed by atoms with Gasteiger partial charge in [-0.1, -0.05) is 18.2 Å². The number of aryl methyl sites for hydroxylation is 2. The molecular weight excluding hydrogens is 265 g/mol. The van der Waals surface area contributed by atoms with E-state index >= 15 is 0 Å². The van der Waals surface area contributed by atoms with E-state index in [1.54, 1.807) is 18.3 Å². The van der Waals surface area contributed by atoms with Crippen molar-refractivity contribution in [2.75, 3.05) is 0 Å². The molecule has 0 radical (unpaired) electrons. The topological polar surface area (TPSA) is 32.9 Å². The maximum absolute atomic E-state index is 14.0. The van der Waals surface area contributed by atoms with Crippen LogP contribution in [0.25, 0.3) is 10.9 Å². The molecule has 1 aromatic heterocycles. The Morgan fingerprint density at radius 1 is 1.10 bits per heavy atom. The number of H-pyrrole nitrogens is 1. The van der Waals surface area contributed by atoms with Crippen molar-refractivity contribution in [2.24, 2.45) is 0 Å². The van der Waals surface area contributed by atoms with Crippen LogP contribution < -0.4 is 0 Å². The van der Waals surface area contributed by atoms with Crippen LogP contribution in [0.4, 0.5) is 4.39 Å². The van der Waals surface area contributed by atoms with Crippen LogP contribution in [0.5, 0.6) is 0 Å². The molecule has 2 nitrogen and oxygen atoms in total. The van der Waals surface area contributed by atoms with Crippen LogP contribution in [0.1, 0.15) is 33.5 Å². The molecule has 1 aliphatic carbocycles. The third-order valence-corrected chi connectivity index (χ3v) is 4.26. The minimum Gasteiger partial charge on any atom is -0.360 e. The summed E-state index contributed by atoms with van der Waals surface area (Å²) in [7, 11) is 0. The predicted octanol–water partition coefficient (Wildman–Crippen LogP) is 4.03. The number of carbonyl (C=O) groups excluding carboxylic acids is 1. The second-order valence-electron chi connectivity index (χ2n) is 5.53. The third-order valence-electron chi connectivity index (χ3n) is 4.26. The van der Waals surface area contributed by atoms with Crippen molar-refractivity contribution >= 4 is 16.7 Å². The Morgan fingerprint density at radius 3 is 2.86 bits per heavy atom. The van der Waals surface area contributed by atoms with Crippen molar-refractivity contribution in [3.63, 3.8) is 0 Å². The molecule has 0 bridgehead atoms. The second-order valence-corrected chi connectivity index (χ2v) is 5.53. The van der Waals surface area contributed by atoms with E-state index in [1.165, 1.54) is 17.2 Å². The van der Waals surface area contributed by atoms with Crippen LogP contribution in [0.15, 0.2) is 42.6 Å². The molecule has 0 atom stereocenters. The van der Waals surface area contributed by atoms with Crippen LogP contribution in [0.2, 0.25) is 0 Å². The number of rotatable bonds is 2. The Bertz CT molecular complexity index is 863. The Morgan fingerprint density at radius 2 is 1.95 bits per heavy atom. The molecule has 0 unspecified atom stereocenters. The van der Waals surface area contributed by atoms with E-state index in [9.17, 15) is 9.18 Å². The van der Waals surface area contributed by atoms with Crippen molar-refractivity contribution in [3.8, 4) is 0 Å². The molecular formula is C18H14FNO. The summed E-state index contributed by atoms with van der Waals surface area (Å²) in [6, 6.07) is 10.6. The quantitative estimate of drug-likeness (QED) is 0.706. The lowest BCUT2D eigenvalue weighted by molar-refractivity contribution is 0.104. The molecule has 3 aromatic rings. The first-order valence-electron chi connectivity index (χ1n) is 7.16. The Hall–Kier alpha value is -2.42. The van der Waals surface area contributed by atoms with Gasteiger partial charge in [0.15, 0.2) is 5.78 Å². The number of halogens is 1. The SMILES string of the molecule is O=C(c1ccc2c(c1)CCC2)c1c[nH]c2cccc(F)c12. The largest absolute Gasteiger partial charge is 0.360 e. The minimum atomic E-state index is -0.363. The van der Waals surface area contributed by atoms with Crippen molar-refractivity contribution in [3.05, 3.63) is 70.7 Å². The molecule has 0 saturated carbocycles. The maximum Gasteiger partial charge on any atom is 0.195 e. The molecule has 104 valence electrons. The monoisotopic (exact) mass is 279 g/mol. The van der Waals surface area contributed by atoms with Crippen molar-refractivity contribution in [1.82, 2.24) is 4.98 Å². The second kappa shape index (κ2) is 4.55. The van der Waals surface area contributed by atoms with Crippen LogP contribution in [0, 0.1) is 5.82 Å². The molecule has 3 heteroatoms. The number of aromatic nitrogens is 1. The number of fused-ring (bicyclic) bond motifs is 2. The summed E-state index contributed by atoms with van der Waals surface area (Å²) in [5, 5.41) is 0.378. The molecule has 0 spiro atoms. The van der Waals surface area contributed by atoms with Gasteiger partial charge in [0.25, 0.3) is 0 Å². The number of benzene rings is 2. The highest BCUT2D eigenvalue weighted by atomic mass is 19.1. The van der Waals surface area contributed by atoms with E-state index in [0.29, 0.717) is 22.0 Å². The highest BCUT2D eigenvalue weighted by molar-refractivity contribution is 6.16. The van der Waals surface area contributed by atoms with Gasteiger partial charge < -0.3 is 4.98 Å². The van der Waals surface area contributed by atoms with Gasteiger partial charge in [0.05, 0.1) is 5.56 Å². The Balaban J connectivity index is 1.83. The summed E-state index contributed by atoms with van der Waals surface area (Å²) in [6.45, 7) is 0. The van der Waals surface area contributed by atoms with E-state index in [-0.39, 0.29) is 11.6 Å². The van der Waals surface area contributed by atoms with Gasteiger partial charge in [-0.25, -0.2) is 4.39 Å². The van der Waals surface area contributed by atoms with E-state index in [2.05, 4.69) is 4.98 Å². The molecule has 0 fully saturated rings. The van der Waals surface area contributed by atoms with Gasteiger partial charge >= 0.3 is 0 Å². The van der Waals surface area contributed by atoms with Crippen LogP contribution in [-0.2, 0) is 12.8 Å². The fourth-order valence-corrected chi connectivity index (χ4v) is 3.19. The maximum atomic E-state index is 14.0. The van der Waals surface area contributed by atoms with Crippen LogP contribution in [-0.4, -0.2) is 10.8 Å². The van der Waals surface area contributed by atoms with Crippen LogP contribution in [0.3, 0.4) is 0 Å². The molecule has 1 aliphatic rings. The normalized spacial score (nSPS) is 13.6. The number of nitrogens with one attached hydrogen (secondary N) is 1. The first-order valence-corrected chi connectivity index (χ1v) is 7.16. The minimum absolute atomic E-state index is 0.124. The number of hydrogen-bond acceptors (Lipinski definition) is 1. The fourth-order valence-electron chi connectivity index (χ4n) is 3.19. The highest BCUT2D eigenvalue weighted by Crippen LogP contribution is 2.27. The van der Waals surface area contributed by atoms with Gasteiger partial charge in [0.2, 0.25) is 0 Å². The van der Waals surface area contributed by atoms with E-state index in [1.807, 2.05) is 18.2 Å². The molecule has 21 heavy (non-hydrogen) atoms. The summed E-state index contributed by atoms with van der Waals surface area (Å²) in [4.78, 5) is 15.7.